The van der Waals surface area contributed by atoms with Gasteiger partial charge in [0.15, 0.2) is 0 Å². The van der Waals surface area contributed by atoms with Crippen molar-refractivity contribution in [2.75, 3.05) is 13.1 Å². The first-order valence-electron chi connectivity index (χ1n) is 7.02. The molecular weight excluding hydrogens is 249 g/mol. The minimum atomic E-state index is -0.163. The lowest BCUT2D eigenvalue weighted by molar-refractivity contribution is 0.296. The number of halogens is 1. The van der Waals surface area contributed by atoms with Gasteiger partial charge in [0.2, 0.25) is 0 Å². The largest absolute Gasteiger partial charge is 0.295 e. The highest BCUT2D eigenvalue weighted by Crippen LogP contribution is 2.22. The van der Waals surface area contributed by atoms with Crippen LogP contribution < -0.4 is 0 Å². The maximum absolute atomic E-state index is 13.3. The van der Waals surface area contributed by atoms with Crippen molar-refractivity contribution in [2.24, 2.45) is 0 Å². The Bertz CT molecular complexity index is 604. The summed E-state index contributed by atoms with van der Waals surface area (Å²) in [7, 11) is 0. The smallest absolute Gasteiger partial charge is 0.123 e. The van der Waals surface area contributed by atoms with Gasteiger partial charge in [-0.25, -0.2) is 4.39 Å². The first-order valence-corrected chi connectivity index (χ1v) is 7.02. The molecule has 0 saturated heterocycles. The summed E-state index contributed by atoms with van der Waals surface area (Å²) in [6.45, 7) is 2.90. The molecule has 102 valence electrons. The molecule has 0 aromatic heterocycles. The van der Waals surface area contributed by atoms with Gasteiger partial charge in [-0.15, -0.1) is 0 Å². The van der Waals surface area contributed by atoms with E-state index in [9.17, 15) is 4.39 Å². The van der Waals surface area contributed by atoms with Crippen LogP contribution in [-0.4, -0.2) is 18.0 Å². The third-order valence-electron chi connectivity index (χ3n) is 3.67. The quantitative estimate of drug-likeness (QED) is 0.808. The number of hydrogen-bond acceptors (Lipinski definition) is 1. The predicted molar refractivity (Wildman–Crippen MR) is 80.7 cm³/mol. The van der Waals surface area contributed by atoms with Crippen molar-refractivity contribution >= 4 is 5.57 Å². The maximum atomic E-state index is 13.3. The average molecular weight is 267 g/mol. The van der Waals surface area contributed by atoms with Crippen molar-refractivity contribution in [3.63, 3.8) is 0 Å². The van der Waals surface area contributed by atoms with Crippen LogP contribution in [0.1, 0.15) is 17.5 Å². The molecule has 0 aliphatic carbocycles. The second kappa shape index (κ2) is 6.02. The van der Waals surface area contributed by atoms with Crippen molar-refractivity contribution in [1.82, 2.24) is 4.90 Å². The topological polar surface area (TPSA) is 3.24 Å². The van der Waals surface area contributed by atoms with Crippen LogP contribution in [0, 0.1) is 5.82 Å². The Morgan fingerprint density at radius 3 is 2.65 bits per heavy atom. The third-order valence-corrected chi connectivity index (χ3v) is 3.67. The normalized spacial score (nSPS) is 15.9. The molecule has 0 spiro atoms. The first kappa shape index (κ1) is 13.1. The maximum Gasteiger partial charge on any atom is 0.123 e. The van der Waals surface area contributed by atoms with E-state index in [-0.39, 0.29) is 5.82 Å². The van der Waals surface area contributed by atoms with Gasteiger partial charge < -0.3 is 0 Å². The molecule has 1 aliphatic heterocycles. The molecule has 0 unspecified atom stereocenters. The summed E-state index contributed by atoms with van der Waals surface area (Å²) in [6, 6.07) is 17.4. The zero-order valence-electron chi connectivity index (χ0n) is 11.4. The van der Waals surface area contributed by atoms with Gasteiger partial charge in [-0.1, -0.05) is 48.5 Å². The highest BCUT2D eigenvalue weighted by Gasteiger charge is 2.14. The monoisotopic (exact) mass is 267 g/mol. The Morgan fingerprint density at radius 1 is 1.00 bits per heavy atom. The zero-order valence-corrected chi connectivity index (χ0v) is 11.4. The molecule has 20 heavy (non-hydrogen) atoms. The second-order valence-electron chi connectivity index (χ2n) is 5.22. The SMILES string of the molecule is Fc1cccc(C2=CCCN(Cc3ccccc3)C2)c1. The van der Waals surface area contributed by atoms with Crippen molar-refractivity contribution in [3.05, 3.63) is 77.6 Å². The van der Waals surface area contributed by atoms with Crippen molar-refractivity contribution in [2.45, 2.75) is 13.0 Å². The number of nitrogens with zero attached hydrogens (tertiary/aromatic N) is 1. The summed E-state index contributed by atoms with van der Waals surface area (Å²) >= 11 is 0. The summed E-state index contributed by atoms with van der Waals surface area (Å²) < 4.78 is 13.3. The molecule has 0 atom stereocenters. The van der Waals surface area contributed by atoms with Gasteiger partial charge in [-0.2, -0.15) is 0 Å². The molecule has 2 aromatic rings. The van der Waals surface area contributed by atoms with Crippen LogP contribution in [0.25, 0.3) is 5.57 Å². The van der Waals surface area contributed by atoms with E-state index < -0.39 is 0 Å². The van der Waals surface area contributed by atoms with Gasteiger partial charge >= 0.3 is 0 Å². The highest BCUT2D eigenvalue weighted by atomic mass is 19.1. The molecule has 1 nitrogen and oxygen atoms in total. The summed E-state index contributed by atoms with van der Waals surface area (Å²) in [6.07, 6.45) is 3.26. The predicted octanol–water partition coefficient (Wildman–Crippen LogP) is 4.12. The van der Waals surface area contributed by atoms with Crippen molar-refractivity contribution < 1.29 is 4.39 Å². The fraction of sp³-hybridized carbons (Fsp3) is 0.222. The Morgan fingerprint density at radius 2 is 1.85 bits per heavy atom. The van der Waals surface area contributed by atoms with E-state index in [0.29, 0.717) is 0 Å². The molecule has 0 fully saturated rings. The number of benzene rings is 2. The molecule has 2 heteroatoms. The molecule has 1 heterocycles. The van der Waals surface area contributed by atoms with E-state index in [0.717, 1.165) is 31.6 Å². The fourth-order valence-corrected chi connectivity index (χ4v) is 2.68. The molecular formula is C18H18FN. The lowest BCUT2D eigenvalue weighted by atomic mass is 10.0. The average Bonchev–Trinajstić information content (AvgIpc) is 2.49. The van der Waals surface area contributed by atoms with Crippen LogP contribution in [0.2, 0.25) is 0 Å². The first-order chi connectivity index (χ1) is 9.81. The Kier molecular flexibility index (Phi) is 3.93. The summed E-state index contributed by atoms with van der Waals surface area (Å²) in [5, 5.41) is 0. The Hall–Kier alpha value is -1.93. The molecule has 3 rings (SSSR count). The van der Waals surface area contributed by atoms with Crippen molar-refractivity contribution in [1.29, 1.82) is 0 Å². The van der Waals surface area contributed by atoms with Gasteiger partial charge in [-0.3, -0.25) is 4.90 Å². The fourth-order valence-electron chi connectivity index (χ4n) is 2.68. The Balaban J connectivity index is 1.72. The molecule has 2 aromatic carbocycles. The summed E-state index contributed by atoms with van der Waals surface area (Å²) in [5.41, 5.74) is 3.56. The summed E-state index contributed by atoms with van der Waals surface area (Å²) in [4.78, 5) is 2.41. The minimum absolute atomic E-state index is 0.163. The van der Waals surface area contributed by atoms with E-state index >= 15 is 0 Å². The van der Waals surface area contributed by atoms with Crippen LogP contribution >= 0.6 is 0 Å². The van der Waals surface area contributed by atoms with E-state index in [1.54, 1.807) is 12.1 Å². The summed E-state index contributed by atoms with van der Waals surface area (Å²) in [5.74, 6) is -0.163. The molecule has 0 amide bonds. The van der Waals surface area contributed by atoms with Gasteiger partial charge in [0.1, 0.15) is 5.82 Å². The molecule has 0 radical (unpaired) electrons. The second-order valence-corrected chi connectivity index (χ2v) is 5.22. The van der Waals surface area contributed by atoms with E-state index in [2.05, 4.69) is 35.2 Å². The van der Waals surface area contributed by atoms with E-state index in [4.69, 9.17) is 0 Å². The van der Waals surface area contributed by atoms with Gasteiger partial charge in [0.05, 0.1) is 0 Å². The lowest BCUT2D eigenvalue weighted by Gasteiger charge is -2.27. The van der Waals surface area contributed by atoms with Crippen LogP contribution in [0.4, 0.5) is 4.39 Å². The van der Waals surface area contributed by atoms with Gasteiger partial charge in [-0.05, 0) is 35.3 Å². The Labute approximate surface area is 119 Å². The number of rotatable bonds is 3. The van der Waals surface area contributed by atoms with Crippen LogP contribution in [0.3, 0.4) is 0 Å². The highest BCUT2D eigenvalue weighted by molar-refractivity contribution is 5.67. The van der Waals surface area contributed by atoms with Crippen molar-refractivity contribution in [3.8, 4) is 0 Å². The molecule has 0 bridgehead atoms. The van der Waals surface area contributed by atoms with Crippen LogP contribution in [0.15, 0.2) is 60.7 Å². The zero-order chi connectivity index (χ0) is 13.8. The third kappa shape index (κ3) is 3.14. The minimum Gasteiger partial charge on any atom is -0.295 e. The molecule has 0 N–H and O–H groups in total. The van der Waals surface area contributed by atoms with Gasteiger partial charge in [0, 0.05) is 19.6 Å². The molecule has 0 saturated carbocycles. The van der Waals surface area contributed by atoms with Crippen LogP contribution in [-0.2, 0) is 6.54 Å². The van der Waals surface area contributed by atoms with Crippen LogP contribution in [0.5, 0.6) is 0 Å². The van der Waals surface area contributed by atoms with E-state index in [1.165, 1.54) is 17.2 Å². The standard InChI is InChI=1S/C18H18FN/c19-18-10-4-8-16(12-18)17-9-5-11-20(14-17)13-15-6-2-1-3-7-15/h1-4,6-10,12H,5,11,13-14H2. The number of hydrogen-bond donors (Lipinski definition) is 0. The van der Waals surface area contributed by atoms with Gasteiger partial charge in [0.25, 0.3) is 0 Å². The molecule has 1 aliphatic rings. The lowest BCUT2D eigenvalue weighted by Crippen LogP contribution is -2.29. The van der Waals surface area contributed by atoms with E-state index in [1.807, 2.05) is 12.1 Å².